The van der Waals surface area contributed by atoms with Gasteiger partial charge < -0.3 is 30.9 Å². The topological polar surface area (TPSA) is 179 Å². The van der Waals surface area contributed by atoms with Gasteiger partial charge in [0.15, 0.2) is 17.5 Å². The van der Waals surface area contributed by atoms with E-state index >= 15 is 0 Å². The second-order valence-corrected chi connectivity index (χ2v) is 31.6. The first-order valence-electron chi connectivity index (χ1n) is 40.4. The molecule has 11 aromatic heterocycles. The van der Waals surface area contributed by atoms with Crippen LogP contribution in [0.1, 0.15) is 0 Å². The van der Waals surface area contributed by atoms with Crippen molar-refractivity contribution in [2.24, 2.45) is 0 Å². The number of furan rings is 7. The molecule has 3 aliphatic heterocycles. The summed E-state index contributed by atoms with van der Waals surface area (Å²) in [6.07, 6.45) is 5.25. The molecule has 0 unspecified atom stereocenters. The van der Waals surface area contributed by atoms with Crippen LogP contribution in [-0.2, 0) is 0 Å². The van der Waals surface area contributed by atoms with Crippen LogP contribution in [-0.4, -0.2) is 50.0 Å². The molecule has 0 saturated carbocycles. The molecule has 0 bridgehead atoms. The van der Waals surface area contributed by atoms with Gasteiger partial charge in [0.25, 0.3) is 20.1 Å². The van der Waals surface area contributed by atoms with E-state index < -0.39 is 0 Å². The normalized spacial score (nSPS) is 12.8. The highest BCUT2D eigenvalue weighted by Crippen LogP contribution is 2.49. The molecule has 0 saturated heterocycles. The third-order valence-electron chi connectivity index (χ3n) is 23.8. The highest BCUT2D eigenvalue weighted by molar-refractivity contribution is 7.26. The van der Waals surface area contributed by atoms with Gasteiger partial charge in [-0.2, -0.15) is 9.97 Å². The third kappa shape index (κ3) is 10.8. The van der Waals surface area contributed by atoms with Crippen LogP contribution < -0.4 is 63.9 Å². The minimum Gasteiger partial charge on any atom is -0.456 e. The van der Waals surface area contributed by atoms with Gasteiger partial charge in [-0.1, -0.05) is 295 Å². The lowest BCUT2D eigenvalue weighted by molar-refractivity contribution is 0.580. The fourth-order valence-corrected chi connectivity index (χ4v) is 19.7. The monoisotopic (exact) mass is 1590 g/mol. The van der Waals surface area contributed by atoms with Gasteiger partial charge in [0.1, 0.15) is 51.0 Å². The second kappa shape index (κ2) is 27.8. The van der Waals surface area contributed by atoms with E-state index in [2.05, 4.69) is 209 Å². The predicted octanol–water partition coefficient (Wildman–Crippen LogP) is 20.4. The maximum Gasteiger partial charge on any atom is 0.257 e. The van der Waals surface area contributed by atoms with E-state index in [4.69, 9.17) is 55.8 Å². The van der Waals surface area contributed by atoms with Gasteiger partial charge >= 0.3 is 0 Å². The molecule has 27 rings (SSSR count). The lowest BCUT2D eigenvalue weighted by atomic mass is 9.35. The van der Waals surface area contributed by atoms with E-state index in [0.29, 0.717) is 29.4 Å². The number of hydrogen-bond acceptors (Lipinski definition) is 17. The zero-order valence-corrected chi connectivity index (χ0v) is 65.5. The molecule has 14 heterocycles. The number of hydrogen-bond donors (Lipinski definition) is 0. The summed E-state index contributed by atoms with van der Waals surface area (Å²) in [6, 6.07) is 118. The molecule has 0 amide bonds. The van der Waals surface area contributed by atoms with Gasteiger partial charge in [-0.05, 0) is 66.7 Å². The van der Waals surface area contributed by atoms with Crippen molar-refractivity contribution >= 4 is 241 Å². The highest BCUT2D eigenvalue weighted by Gasteiger charge is 2.48. The minimum absolute atomic E-state index is 0.0533. The quantitative estimate of drug-likeness (QED) is 0.131. The highest BCUT2D eigenvalue weighted by atomic mass is 32.1. The van der Waals surface area contributed by atoms with Crippen LogP contribution in [0, 0.1) is 0 Å². The Bertz CT molecular complexity index is 7940. The van der Waals surface area contributed by atoms with Crippen molar-refractivity contribution in [2.45, 2.75) is 0 Å². The lowest BCUT2D eigenvalue weighted by Gasteiger charge is -2.30. The first-order valence-corrected chi connectivity index (χ1v) is 41.3. The molecule has 24 aromatic rings. The van der Waals surface area contributed by atoms with Crippen molar-refractivity contribution in [2.75, 3.05) is 14.7 Å². The minimum atomic E-state index is -0.131. The summed E-state index contributed by atoms with van der Waals surface area (Å²) < 4.78 is 48.4. The SMILES string of the molecule is c1ccc(B2c3c(oc4ccccc34)N(c3ccc4oc5ccncc5c4c3)c3oc4ccccc4c32)cc1.c1ccc(B2c3c(oc4ccccc34)N(c3nc(-c4ccccc4)nc(-c4ccccc4)n3)c3oc4ccccc4c32)cc1.c1ccc(B2c3c(oc4ccccc34)N(c3ncnc4c3sc3ccccc34)c3oc4ccccc4c32)cc1. The van der Waals surface area contributed by atoms with E-state index in [1.807, 2.05) is 163 Å². The van der Waals surface area contributed by atoms with Gasteiger partial charge in [-0.3, -0.25) is 9.88 Å². The first-order chi connectivity index (χ1) is 60.5. The first kappa shape index (κ1) is 69.1. The Morgan fingerprint density at radius 2 is 0.615 bits per heavy atom. The van der Waals surface area contributed by atoms with Crippen LogP contribution in [0.15, 0.2) is 395 Å². The molecule has 3 aliphatic rings. The number of nitrogens with zero attached hydrogens (tertiary/aromatic N) is 9. The summed E-state index contributed by atoms with van der Waals surface area (Å²) in [5, 5.41) is 9.54. The van der Waals surface area contributed by atoms with Gasteiger partial charge in [0.2, 0.25) is 41.3 Å². The summed E-state index contributed by atoms with van der Waals surface area (Å²) in [4.78, 5) is 35.1. The average Bonchev–Trinajstić information content (AvgIpc) is 1.62. The van der Waals surface area contributed by atoms with Crippen LogP contribution >= 0.6 is 11.3 Å². The number of rotatable bonds is 8. The van der Waals surface area contributed by atoms with Gasteiger partial charge in [-0.15, -0.1) is 11.3 Å². The molecule has 16 nitrogen and oxygen atoms in total. The number of aromatic nitrogens is 6. The largest absolute Gasteiger partial charge is 0.456 e. The van der Waals surface area contributed by atoms with Crippen molar-refractivity contribution in [1.82, 2.24) is 29.9 Å². The molecule has 570 valence electrons. The van der Waals surface area contributed by atoms with Gasteiger partial charge in [0.05, 0.1) is 15.9 Å². The number of pyridine rings is 1. The molecular formula is C102H60B3N9O7S. The zero-order chi connectivity index (χ0) is 80.0. The van der Waals surface area contributed by atoms with Crippen LogP contribution in [0.5, 0.6) is 0 Å². The summed E-state index contributed by atoms with van der Waals surface area (Å²) in [5.74, 6) is 6.57. The van der Waals surface area contributed by atoms with Crippen molar-refractivity contribution < 1.29 is 30.9 Å². The zero-order valence-electron chi connectivity index (χ0n) is 64.7. The van der Waals surface area contributed by atoms with E-state index in [9.17, 15) is 0 Å². The number of para-hydroxylation sites is 6. The smallest absolute Gasteiger partial charge is 0.257 e. The third-order valence-corrected chi connectivity index (χ3v) is 24.9. The number of benzene rings is 13. The summed E-state index contributed by atoms with van der Waals surface area (Å²) in [6.45, 7) is -0.254. The summed E-state index contributed by atoms with van der Waals surface area (Å²) in [5.41, 5.74) is 20.4. The molecule has 0 N–H and O–H groups in total. The number of anilines is 9. The average molecular weight is 1590 g/mol. The summed E-state index contributed by atoms with van der Waals surface area (Å²) in [7, 11) is 0. The molecule has 13 aromatic carbocycles. The van der Waals surface area contributed by atoms with E-state index in [1.165, 1.54) is 15.6 Å². The fraction of sp³-hybridized carbons (Fsp3) is 0. The van der Waals surface area contributed by atoms with Crippen molar-refractivity contribution in [3.63, 3.8) is 0 Å². The second-order valence-electron chi connectivity index (χ2n) is 30.6. The van der Waals surface area contributed by atoms with E-state index in [1.54, 1.807) is 23.9 Å². The molecular weight excluding hydrogens is 1530 g/mol. The molecule has 0 radical (unpaired) electrons. The van der Waals surface area contributed by atoms with Crippen molar-refractivity contribution in [3.8, 4) is 22.8 Å². The Kier molecular flexibility index (Phi) is 15.8. The Hall–Kier alpha value is -16.0. The maximum atomic E-state index is 6.72. The van der Waals surface area contributed by atoms with Crippen LogP contribution in [0.2, 0.25) is 0 Å². The van der Waals surface area contributed by atoms with E-state index in [-0.39, 0.29) is 20.1 Å². The molecule has 0 atom stereocenters. The molecule has 0 fully saturated rings. The predicted molar refractivity (Wildman–Crippen MR) is 493 cm³/mol. The Morgan fingerprint density at radius 3 is 1.03 bits per heavy atom. The van der Waals surface area contributed by atoms with Crippen molar-refractivity contribution in [3.05, 3.63) is 365 Å². The maximum absolute atomic E-state index is 6.72. The Morgan fingerprint density at radius 1 is 0.270 bits per heavy atom. The van der Waals surface area contributed by atoms with E-state index in [0.717, 1.165) is 188 Å². The van der Waals surface area contributed by atoms with Gasteiger partial charge in [0, 0.05) is 109 Å². The molecule has 0 spiro atoms. The summed E-state index contributed by atoms with van der Waals surface area (Å²) >= 11 is 1.69. The number of fused-ring (bicyclic) bond motifs is 24. The van der Waals surface area contributed by atoms with Gasteiger partial charge in [-0.25, -0.2) is 24.8 Å². The van der Waals surface area contributed by atoms with Crippen LogP contribution in [0.25, 0.3) is 131 Å². The molecule has 0 aliphatic carbocycles. The lowest BCUT2D eigenvalue weighted by Crippen LogP contribution is -2.56. The molecule has 20 heteroatoms. The van der Waals surface area contributed by atoms with Crippen molar-refractivity contribution in [1.29, 1.82) is 0 Å². The standard InChI is InChI=1S/C37H23BN4O2.C33H19BN2O3.C32H18BN3O2S/c1-4-14-24(15-5-1)33-39-34(25-16-6-2-7-17-25)41-37(40-33)42-35-31(27-20-10-12-22-29(27)43-35)38(26-18-8-3-9-19-26)32-28-21-11-13-23-30(28)44-36(32)42;1-2-8-20(9-3-1)34-30-22-10-4-6-12-26(22)38-32(30)36(33-31(34)23-11-5-7-13-27(23)39-33)21-14-15-28-24(18-21)25-19-35-17-16-29(25)37-28;1-2-10-19(11-3-1)33-26-20-12-4-7-15-23(20)37-31(26)36(32-27(33)21-13-5-8-16-24(21)38-32)30-29-28(34-18-35-30)22-14-6-9-17-25(22)39-29/h1-23H;1-19H;1-18H. The molecule has 122 heavy (non-hydrogen) atoms. The Labute approximate surface area is 699 Å². The van der Waals surface area contributed by atoms with Crippen LogP contribution in [0.4, 0.5) is 52.8 Å². The van der Waals surface area contributed by atoms with Crippen LogP contribution in [0.3, 0.4) is 0 Å². The Balaban J connectivity index is 0.000000101. The number of thiophene rings is 1. The fourth-order valence-electron chi connectivity index (χ4n) is 18.6.